The van der Waals surface area contributed by atoms with E-state index in [1.165, 1.54) is 9.19 Å². The number of hydrogen-bond donors (Lipinski definition) is 3. The van der Waals surface area contributed by atoms with Gasteiger partial charge in [0.2, 0.25) is 0 Å². The quantitative estimate of drug-likeness (QED) is 0.282. The lowest BCUT2D eigenvalue weighted by molar-refractivity contribution is 0.0940. The summed E-state index contributed by atoms with van der Waals surface area (Å²) in [5.74, 6) is 6.00. The Morgan fingerprint density at radius 2 is 1.78 bits per heavy atom. The van der Waals surface area contributed by atoms with Crippen LogP contribution in [0.25, 0.3) is 16.6 Å². The molecule has 11 heteroatoms. The number of rotatable bonds is 5. The van der Waals surface area contributed by atoms with Gasteiger partial charge in [-0.15, -0.1) is 5.10 Å². The third kappa shape index (κ3) is 4.93. The van der Waals surface area contributed by atoms with Crippen LogP contribution in [0.5, 0.6) is 0 Å². The van der Waals surface area contributed by atoms with Crippen LogP contribution in [0.2, 0.25) is 0 Å². The average molecular weight is 542 g/mol. The molecule has 0 spiro atoms. The van der Waals surface area contributed by atoms with Gasteiger partial charge < -0.3 is 11.1 Å². The van der Waals surface area contributed by atoms with Crippen molar-refractivity contribution in [2.75, 3.05) is 11.2 Å². The Bertz CT molecular complexity index is 2020. The standard InChI is InChI=1S/C30H23N9O2/c1-19(34-29(40)25-26(31)37-38-18-6-15-33-28(25)38)27-35-23-10-5-7-21(12-11-20-13-16-32-17-14-20)24(23)30(41)39(27)36-22-8-3-2-4-9-22/h2-10,13-19,36H,1H3,(H2,31,37)(H,34,40)/t19-/m0/s1. The van der Waals surface area contributed by atoms with Crippen LogP contribution >= 0.6 is 0 Å². The summed E-state index contributed by atoms with van der Waals surface area (Å²) < 4.78 is 2.77. The number of carbonyl (C=O) groups excluding carboxylic acids is 1. The maximum atomic E-state index is 14.1. The first kappa shape index (κ1) is 25.3. The number of fused-ring (bicyclic) bond motifs is 2. The molecule has 0 aliphatic heterocycles. The number of benzene rings is 2. The number of aromatic nitrogens is 6. The highest BCUT2D eigenvalue weighted by molar-refractivity contribution is 6.04. The molecule has 0 fully saturated rings. The minimum atomic E-state index is -0.722. The highest BCUT2D eigenvalue weighted by Gasteiger charge is 2.24. The number of nitrogens with zero attached hydrogens (tertiary/aromatic N) is 6. The maximum absolute atomic E-state index is 14.1. The molecule has 0 saturated carbocycles. The van der Waals surface area contributed by atoms with Crippen molar-refractivity contribution in [2.24, 2.45) is 0 Å². The first-order valence-electron chi connectivity index (χ1n) is 12.7. The fourth-order valence-electron chi connectivity index (χ4n) is 4.42. The van der Waals surface area contributed by atoms with Crippen molar-refractivity contribution in [3.63, 3.8) is 0 Å². The minimum absolute atomic E-state index is 0.0390. The van der Waals surface area contributed by atoms with Gasteiger partial charge in [-0.2, -0.15) is 0 Å². The molecule has 0 aliphatic rings. The van der Waals surface area contributed by atoms with E-state index >= 15 is 0 Å². The van der Waals surface area contributed by atoms with Gasteiger partial charge >= 0.3 is 0 Å². The first-order chi connectivity index (χ1) is 20.0. The van der Waals surface area contributed by atoms with Gasteiger partial charge in [0.05, 0.1) is 22.6 Å². The summed E-state index contributed by atoms with van der Waals surface area (Å²) in [6, 6.07) is 19.1. The molecule has 1 atom stereocenters. The zero-order valence-electron chi connectivity index (χ0n) is 21.8. The highest BCUT2D eigenvalue weighted by atomic mass is 16.2. The lowest BCUT2D eigenvalue weighted by Gasteiger charge is -2.20. The molecule has 4 aromatic heterocycles. The molecule has 41 heavy (non-hydrogen) atoms. The van der Waals surface area contributed by atoms with E-state index in [1.54, 1.807) is 68.1 Å². The van der Waals surface area contributed by atoms with Crippen molar-refractivity contribution < 1.29 is 4.79 Å². The molecule has 1 amide bonds. The van der Waals surface area contributed by atoms with Gasteiger partial charge in [0.15, 0.2) is 17.3 Å². The Labute approximate surface area is 233 Å². The van der Waals surface area contributed by atoms with Gasteiger partial charge in [0.1, 0.15) is 5.56 Å². The van der Waals surface area contributed by atoms with Crippen molar-refractivity contribution in [1.82, 2.24) is 34.6 Å². The SMILES string of the molecule is C[C@H](NC(=O)c1c(N)nn2cccnc12)c1nc2cccc(C#Cc3ccncc3)c2c(=O)n1Nc1ccccc1. The van der Waals surface area contributed by atoms with Gasteiger partial charge in [0, 0.05) is 35.9 Å². The second kappa shape index (κ2) is 10.6. The fourth-order valence-corrected chi connectivity index (χ4v) is 4.42. The molecule has 0 aliphatic carbocycles. The van der Waals surface area contributed by atoms with E-state index in [4.69, 9.17) is 10.7 Å². The van der Waals surface area contributed by atoms with Crippen LogP contribution in [-0.4, -0.2) is 35.1 Å². The van der Waals surface area contributed by atoms with Crippen molar-refractivity contribution >= 4 is 34.0 Å². The second-order valence-corrected chi connectivity index (χ2v) is 9.12. The Kier molecular flexibility index (Phi) is 6.55. The molecule has 6 aromatic rings. The second-order valence-electron chi connectivity index (χ2n) is 9.12. The summed E-state index contributed by atoms with van der Waals surface area (Å²) in [6.07, 6.45) is 6.52. The molecule has 200 valence electrons. The number of pyridine rings is 1. The van der Waals surface area contributed by atoms with E-state index in [0.717, 1.165) is 5.56 Å². The van der Waals surface area contributed by atoms with Crippen LogP contribution in [0.3, 0.4) is 0 Å². The molecule has 2 aromatic carbocycles. The van der Waals surface area contributed by atoms with E-state index < -0.39 is 11.9 Å². The molecule has 4 N–H and O–H groups in total. The number of nitrogens with one attached hydrogen (secondary N) is 2. The summed E-state index contributed by atoms with van der Waals surface area (Å²) in [5.41, 5.74) is 11.7. The molecule has 0 unspecified atom stereocenters. The number of nitrogen functional groups attached to an aromatic ring is 1. The maximum Gasteiger partial charge on any atom is 0.281 e. The molecule has 0 saturated heterocycles. The van der Waals surface area contributed by atoms with Gasteiger partial charge in [-0.25, -0.2) is 19.2 Å². The topological polar surface area (TPSA) is 145 Å². The third-order valence-corrected chi connectivity index (χ3v) is 6.34. The number of anilines is 2. The minimum Gasteiger partial charge on any atom is -0.381 e. The molecule has 6 rings (SSSR count). The zero-order valence-corrected chi connectivity index (χ0v) is 21.8. The zero-order chi connectivity index (χ0) is 28.3. The Hall–Kier alpha value is -6.02. The molecule has 4 heterocycles. The monoisotopic (exact) mass is 541 g/mol. The van der Waals surface area contributed by atoms with Crippen LogP contribution in [0, 0.1) is 11.8 Å². The van der Waals surface area contributed by atoms with Crippen molar-refractivity contribution in [2.45, 2.75) is 13.0 Å². The molecule has 11 nitrogen and oxygen atoms in total. The Morgan fingerprint density at radius 1 is 0.976 bits per heavy atom. The molecule has 0 radical (unpaired) electrons. The van der Waals surface area contributed by atoms with E-state index in [2.05, 4.69) is 37.7 Å². The van der Waals surface area contributed by atoms with Gasteiger partial charge in [-0.1, -0.05) is 36.1 Å². The molecule has 0 bridgehead atoms. The number of amides is 1. The summed E-state index contributed by atoms with van der Waals surface area (Å²) in [7, 11) is 0. The largest absolute Gasteiger partial charge is 0.381 e. The van der Waals surface area contributed by atoms with Crippen molar-refractivity contribution in [3.8, 4) is 11.8 Å². The Balaban J connectivity index is 1.45. The summed E-state index contributed by atoms with van der Waals surface area (Å²) in [4.78, 5) is 40.5. The van der Waals surface area contributed by atoms with E-state index in [1.807, 2.05) is 30.3 Å². The van der Waals surface area contributed by atoms with E-state index in [0.29, 0.717) is 27.8 Å². The van der Waals surface area contributed by atoms with Crippen LogP contribution in [-0.2, 0) is 0 Å². The lowest BCUT2D eigenvalue weighted by atomic mass is 10.1. The highest BCUT2D eigenvalue weighted by Crippen LogP contribution is 2.20. The predicted octanol–water partition coefficient (Wildman–Crippen LogP) is 3.18. The van der Waals surface area contributed by atoms with Crippen LogP contribution in [0.15, 0.2) is 96.3 Å². The fraction of sp³-hybridized carbons (Fsp3) is 0.0667. The van der Waals surface area contributed by atoms with Crippen LogP contribution in [0.4, 0.5) is 11.5 Å². The lowest BCUT2D eigenvalue weighted by Crippen LogP contribution is -2.37. The number of hydrogen-bond acceptors (Lipinski definition) is 8. The molecular weight excluding hydrogens is 518 g/mol. The third-order valence-electron chi connectivity index (χ3n) is 6.34. The van der Waals surface area contributed by atoms with Crippen molar-refractivity contribution in [1.29, 1.82) is 0 Å². The Morgan fingerprint density at radius 3 is 2.59 bits per heavy atom. The summed E-state index contributed by atoms with van der Waals surface area (Å²) in [6.45, 7) is 1.73. The average Bonchev–Trinajstić information content (AvgIpc) is 3.34. The van der Waals surface area contributed by atoms with Crippen LogP contribution in [0.1, 0.15) is 40.3 Å². The number of nitrogens with two attached hydrogens (primary N) is 1. The number of carbonyl (C=O) groups is 1. The normalized spacial score (nSPS) is 11.5. The first-order valence-corrected chi connectivity index (χ1v) is 12.7. The van der Waals surface area contributed by atoms with Crippen LogP contribution < -0.4 is 22.0 Å². The van der Waals surface area contributed by atoms with Gasteiger partial charge in [-0.05, 0) is 49.4 Å². The van der Waals surface area contributed by atoms with E-state index in [-0.39, 0.29) is 22.8 Å². The summed E-state index contributed by atoms with van der Waals surface area (Å²) >= 11 is 0. The summed E-state index contributed by atoms with van der Waals surface area (Å²) in [5, 5.41) is 7.41. The van der Waals surface area contributed by atoms with Gasteiger partial charge in [-0.3, -0.25) is 20.0 Å². The number of para-hydroxylation sites is 1. The van der Waals surface area contributed by atoms with Crippen molar-refractivity contribution in [3.05, 3.63) is 124 Å². The molecular formula is C30H23N9O2. The van der Waals surface area contributed by atoms with Gasteiger partial charge in [0.25, 0.3) is 11.5 Å². The predicted molar refractivity (Wildman–Crippen MR) is 155 cm³/mol. The van der Waals surface area contributed by atoms with E-state index in [9.17, 15) is 9.59 Å². The smallest absolute Gasteiger partial charge is 0.281 e.